The fraction of sp³-hybridized carbons (Fsp3) is 0.500. The van der Waals surface area contributed by atoms with Gasteiger partial charge in [0.15, 0.2) is 0 Å². The second-order valence-corrected chi connectivity index (χ2v) is 5.69. The Hall–Kier alpha value is -2.08. The first-order valence-electron chi connectivity index (χ1n) is 7.50. The molecule has 0 aromatic heterocycles. The Bertz CT molecular complexity index is 497. The molecule has 122 valence electrons. The summed E-state index contributed by atoms with van der Waals surface area (Å²) in [5.74, 6) is -1.17. The Kier molecular flexibility index (Phi) is 6.85. The largest absolute Gasteiger partial charge is 0.378 e. The van der Waals surface area contributed by atoms with Gasteiger partial charge in [0, 0.05) is 31.9 Å². The Balaban J connectivity index is 2.73. The molecule has 1 aromatic carbocycles. The number of anilines is 1. The zero-order valence-corrected chi connectivity index (χ0v) is 14.1. The van der Waals surface area contributed by atoms with E-state index < -0.39 is 11.8 Å². The van der Waals surface area contributed by atoms with Crippen LogP contribution in [0, 0.1) is 0 Å². The van der Waals surface area contributed by atoms with E-state index in [-0.39, 0.29) is 6.04 Å². The lowest BCUT2D eigenvalue weighted by atomic mass is 10.1. The van der Waals surface area contributed by atoms with Crippen LogP contribution in [-0.4, -0.2) is 53.1 Å². The lowest BCUT2D eigenvalue weighted by Crippen LogP contribution is -3.07. The van der Waals surface area contributed by atoms with Gasteiger partial charge in [-0.25, -0.2) is 0 Å². The van der Waals surface area contributed by atoms with Crippen molar-refractivity contribution in [2.75, 3.05) is 46.2 Å². The zero-order valence-electron chi connectivity index (χ0n) is 14.1. The van der Waals surface area contributed by atoms with Crippen molar-refractivity contribution in [2.45, 2.75) is 13.0 Å². The van der Waals surface area contributed by atoms with E-state index in [4.69, 9.17) is 0 Å². The van der Waals surface area contributed by atoms with Crippen molar-refractivity contribution in [1.29, 1.82) is 0 Å². The Morgan fingerprint density at radius 3 is 2.09 bits per heavy atom. The van der Waals surface area contributed by atoms with Crippen LogP contribution in [0.5, 0.6) is 0 Å². The Labute approximate surface area is 132 Å². The lowest BCUT2D eigenvalue weighted by Gasteiger charge is -2.23. The van der Waals surface area contributed by atoms with Crippen molar-refractivity contribution >= 4 is 17.5 Å². The molecule has 0 saturated carbocycles. The molecular weight excluding hydrogens is 280 g/mol. The average molecular weight is 307 g/mol. The zero-order chi connectivity index (χ0) is 16.7. The molecule has 6 heteroatoms. The summed E-state index contributed by atoms with van der Waals surface area (Å²) >= 11 is 0. The first-order valence-corrected chi connectivity index (χ1v) is 7.50. The van der Waals surface area contributed by atoms with E-state index in [0.717, 1.165) is 11.3 Å². The van der Waals surface area contributed by atoms with Crippen LogP contribution >= 0.6 is 0 Å². The number of benzene rings is 1. The van der Waals surface area contributed by atoms with Gasteiger partial charge in [0.25, 0.3) is 0 Å². The number of rotatable bonds is 6. The standard InChI is InChI=1S/C16H26N4O2/c1-6-17-15(21)16(22)18-11-14(20(4)5)12-7-9-13(10-8-12)19(2)3/h7-10,14H,6,11H2,1-5H3,(H,17,21)(H,18,22)/p+1/t14-/m1/s1. The van der Waals surface area contributed by atoms with Crippen LogP contribution in [0.1, 0.15) is 18.5 Å². The third-order valence-corrected chi connectivity index (χ3v) is 3.52. The van der Waals surface area contributed by atoms with Crippen LogP contribution in [0.4, 0.5) is 5.69 Å². The topological polar surface area (TPSA) is 65.9 Å². The molecule has 1 atom stereocenters. The van der Waals surface area contributed by atoms with E-state index in [1.807, 2.05) is 33.1 Å². The second kappa shape index (κ2) is 8.38. The molecule has 1 rings (SSSR count). The van der Waals surface area contributed by atoms with Gasteiger partial charge < -0.3 is 20.4 Å². The Morgan fingerprint density at radius 2 is 1.64 bits per heavy atom. The molecule has 6 nitrogen and oxygen atoms in total. The molecule has 0 unspecified atom stereocenters. The fourth-order valence-corrected chi connectivity index (χ4v) is 2.18. The number of nitrogens with zero attached hydrogens (tertiary/aromatic N) is 1. The molecule has 0 aliphatic rings. The average Bonchev–Trinajstić information content (AvgIpc) is 2.47. The van der Waals surface area contributed by atoms with Gasteiger partial charge in [-0.2, -0.15) is 0 Å². The SMILES string of the molecule is CCNC(=O)C(=O)NC[C@H](c1ccc(N(C)C)cc1)[NH+](C)C. The number of carbonyl (C=O) groups excluding carboxylic acids is 2. The molecule has 0 aliphatic carbocycles. The highest BCUT2D eigenvalue weighted by Gasteiger charge is 2.21. The summed E-state index contributed by atoms with van der Waals surface area (Å²) < 4.78 is 0. The summed E-state index contributed by atoms with van der Waals surface area (Å²) in [6.45, 7) is 2.64. The van der Waals surface area contributed by atoms with Crippen molar-refractivity contribution in [1.82, 2.24) is 10.6 Å². The molecule has 0 fully saturated rings. The first kappa shape index (κ1) is 18.0. The summed E-state index contributed by atoms with van der Waals surface area (Å²) in [5.41, 5.74) is 2.25. The van der Waals surface area contributed by atoms with Gasteiger partial charge in [0.1, 0.15) is 6.04 Å². The number of likely N-dealkylation sites (N-methyl/N-ethyl adjacent to an activating group) is 2. The molecule has 0 radical (unpaired) electrons. The van der Waals surface area contributed by atoms with Gasteiger partial charge in [-0.1, -0.05) is 12.1 Å². The number of amides is 2. The van der Waals surface area contributed by atoms with E-state index in [0.29, 0.717) is 13.1 Å². The van der Waals surface area contributed by atoms with E-state index in [1.54, 1.807) is 6.92 Å². The van der Waals surface area contributed by atoms with Gasteiger partial charge in [-0.05, 0) is 19.1 Å². The molecule has 0 bridgehead atoms. The van der Waals surface area contributed by atoms with Crippen molar-refractivity contribution in [2.24, 2.45) is 0 Å². The minimum atomic E-state index is -0.585. The maximum Gasteiger partial charge on any atom is 0.309 e. The predicted octanol–water partition coefficient (Wildman–Crippen LogP) is -0.809. The summed E-state index contributed by atoms with van der Waals surface area (Å²) in [5, 5.41) is 5.20. The van der Waals surface area contributed by atoms with Crippen LogP contribution in [0.2, 0.25) is 0 Å². The molecule has 0 spiro atoms. The molecule has 2 amide bonds. The molecule has 22 heavy (non-hydrogen) atoms. The number of quaternary nitrogens is 1. The van der Waals surface area contributed by atoms with E-state index in [9.17, 15) is 9.59 Å². The number of hydrogen-bond acceptors (Lipinski definition) is 3. The van der Waals surface area contributed by atoms with Gasteiger partial charge in [0.05, 0.1) is 20.6 Å². The number of hydrogen-bond donors (Lipinski definition) is 3. The van der Waals surface area contributed by atoms with Crippen LogP contribution in [0.3, 0.4) is 0 Å². The van der Waals surface area contributed by atoms with E-state index >= 15 is 0 Å². The van der Waals surface area contributed by atoms with Gasteiger partial charge in [-0.3, -0.25) is 9.59 Å². The van der Waals surface area contributed by atoms with Crippen LogP contribution in [0.15, 0.2) is 24.3 Å². The molecule has 1 aromatic rings. The second-order valence-electron chi connectivity index (χ2n) is 5.69. The highest BCUT2D eigenvalue weighted by molar-refractivity contribution is 6.35. The molecule has 3 N–H and O–H groups in total. The van der Waals surface area contributed by atoms with Gasteiger partial charge in [-0.15, -0.1) is 0 Å². The third kappa shape index (κ3) is 5.04. The molecule has 0 saturated heterocycles. The van der Waals surface area contributed by atoms with Crippen molar-refractivity contribution in [3.63, 3.8) is 0 Å². The van der Waals surface area contributed by atoms with Crippen LogP contribution in [0.25, 0.3) is 0 Å². The quantitative estimate of drug-likeness (QED) is 0.602. The Morgan fingerprint density at radius 1 is 1.09 bits per heavy atom. The summed E-state index contributed by atoms with van der Waals surface area (Å²) in [6.07, 6.45) is 0. The van der Waals surface area contributed by atoms with E-state index in [2.05, 4.69) is 34.9 Å². The summed E-state index contributed by atoms with van der Waals surface area (Å²) in [6, 6.07) is 8.32. The minimum absolute atomic E-state index is 0.0922. The van der Waals surface area contributed by atoms with Crippen molar-refractivity contribution in [3.8, 4) is 0 Å². The predicted molar refractivity (Wildman–Crippen MR) is 88.0 cm³/mol. The molecular formula is C16H27N4O2+. The monoisotopic (exact) mass is 307 g/mol. The maximum absolute atomic E-state index is 11.7. The normalized spacial score (nSPS) is 11.9. The number of carbonyl (C=O) groups is 2. The highest BCUT2D eigenvalue weighted by Crippen LogP contribution is 2.15. The lowest BCUT2D eigenvalue weighted by molar-refractivity contribution is -0.890. The summed E-state index contributed by atoms with van der Waals surface area (Å²) in [7, 11) is 8.05. The third-order valence-electron chi connectivity index (χ3n) is 3.52. The number of nitrogens with one attached hydrogen (secondary N) is 3. The van der Waals surface area contributed by atoms with Crippen LogP contribution < -0.4 is 20.4 Å². The smallest absolute Gasteiger partial charge is 0.309 e. The van der Waals surface area contributed by atoms with Crippen molar-refractivity contribution in [3.05, 3.63) is 29.8 Å². The van der Waals surface area contributed by atoms with Gasteiger partial charge >= 0.3 is 11.8 Å². The summed E-state index contributed by atoms with van der Waals surface area (Å²) in [4.78, 5) is 26.4. The van der Waals surface area contributed by atoms with Crippen molar-refractivity contribution < 1.29 is 14.5 Å². The van der Waals surface area contributed by atoms with Gasteiger partial charge in [0.2, 0.25) is 0 Å². The van der Waals surface area contributed by atoms with E-state index in [1.165, 1.54) is 4.90 Å². The van der Waals surface area contributed by atoms with Crippen LogP contribution in [-0.2, 0) is 9.59 Å². The maximum atomic E-state index is 11.7. The minimum Gasteiger partial charge on any atom is -0.378 e. The highest BCUT2D eigenvalue weighted by atomic mass is 16.2. The first-order chi connectivity index (χ1) is 10.4. The fourth-order valence-electron chi connectivity index (χ4n) is 2.18. The molecule has 0 heterocycles. The molecule has 0 aliphatic heterocycles.